The SMILES string of the molecule is CCN(Cc1nc2ccccc2c(=O)[nH]1)C(=O)c1cc([N+](=O)[O-])ccc1Cl. The molecule has 0 aliphatic rings. The number of hydrogen-bond donors (Lipinski definition) is 1. The molecule has 2 aromatic carbocycles. The summed E-state index contributed by atoms with van der Waals surface area (Å²) in [5.74, 6) is -0.169. The maximum atomic E-state index is 12.8. The lowest BCUT2D eigenvalue weighted by Crippen LogP contribution is -2.32. The monoisotopic (exact) mass is 386 g/mol. The summed E-state index contributed by atoms with van der Waals surface area (Å²) in [6.07, 6.45) is 0. The van der Waals surface area contributed by atoms with E-state index < -0.39 is 10.8 Å². The highest BCUT2D eigenvalue weighted by molar-refractivity contribution is 6.33. The van der Waals surface area contributed by atoms with Gasteiger partial charge in [0, 0.05) is 18.7 Å². The van der Waals surface area contributed by atoms with Gasteiger partial charge in [0.1, 0.15) is 5.82 Å². The number of nitro groups is 1. The van der Waals surface area contributed by atoms with Gasteiger partial charge in [0.05, 0.1) is 33.0 Å². The topological polar surface area (TPSA) is 109 Å². The number of aromatic amines is 1. The number of rotatable bonds is 5. The first-order valence-electron chi connectivity index (χ1n) is 8.12. The number of carbonyl (C=O) groups excluding carboxylic acids is 1. The Bertz CT molecular complexity index is 1100. The molecule has 0 bridgehead atoms. The second-order valence-electron chi connectivity index (χ2n) is 5.77. The van der Waals surface area contributed by atoms with Crippen molar-refractivity contribution in [2.45, 2.75) is 13.5 Å². The zero-order valence-corrected chi connectivity index (χ0v) is 15.1. The van der Waals surface area contributed by atoms with Crippen LogP contribution in [0.15, 0.2) is 47.3 Å². The molecule has 0 atom stereocenters. The molecule has 3 aromatic rings. The second kappa shape index (κ2) is 7.55. The molecule has 0 aliphatic carbocycles. The van der Waals surface area contributed by atoms with E-state index in [0.29, 0.717) is 23.3 Å². The average Bonchev–Trinajstić information content (AvgIpc) is 2.66. The van der Waals surface area contributed by atoms with Gasteiger partial charge in [0.15, 0.2) is 0 Å². The molecule has 8 nitrogen and oxygen atoms in total. The molecule has 0 unspecified atom stereocenters. The number of H-pyrrole nitrogens is 1. The van der Waals surface area contributed by atoms with Crippen molar-refractivity contribution in [2.24, 2.45) is 0 Å². The highest BCUT2D eigenvalue weighted by Gasteiger charge is 2.21. The van der Waals surface area contributed by atoms with Crippen molar-refractivity contribution in [3.05, 3.63) is 79.3 Å². The highest BCUT2D eigenvalue weighted by atomic mass is 35.5. The number of halogens is 1. The van der Waals surface area contributed by atoms with Crippen molar-refractivity contribution < 1.29 is 9.72 Å². The fourth-order valence-electron chi connectivity index (χ4n) is 2.68. The van der Waals surface area contributed by atoms with Gasteiger partial charge in [0.25, 0.3) is 17.2 Å². The summed E-state index contributed by atoms with van der Waals surface area (Å²) in [5.41, 5.74) is 0.0208. The summed E-state index contributed by atoms with van der Waals surface area (Å²) >= 11 is 6.06. The minimum atomic E-state index is -0.592. The van der Waals surface area contributed by atoms with Crippen LogP contribution in [-0.2, 0) is 6.54 Å². The van der Waals surface area contributed by atoms with E-state index in [2.05, 4.69) is 9.97 Å². The predicted octanol–water partition coefficient (Wildman–Crippen LogP) is 3.15. The molecule has 0 saturated heterocycles. The Balaban J connectivity index is 1.94. The standard InChI is InChI=1S/C18H15ClN4O4/c1-2-22(18(25)13-9-11(23(26)27)7-8-14(13)19)10-16-20-15-6-4-3-5-12(15)17(24)21-16/h3-9H,2,10H2,1H3,(H,20,21,24). The van der Waals surface area contributed by atoms with E-state index in [0.717, 1.165) is 6.07 Å². The van der Waals surface area contributed by atoms with Gasteiger partial charge in [-0.25, -0.2) is 4.98 Å². The Morgan fingerprint density at radius 2 is 2.04 bits per heavy atom. The van der Waals surface area contributed by atoms with Crippen LogP contribution in [0.1, 0.15) is 23.1 Å². The normalized spacial score (nSPS) is 10.7. The van der Waals surface area contributed by atoms with Crippen LogP contribution in [0.3, 0.4) is 0 Å². The van der Waals surface area contributed by atoms with Gasteiger partial charge in [-0.3, -0.25) is 19.7 Å². The Hall–Kier alpha value is -3.26. The number of fused-ring (bicyclic) bond motifs is 1. The molecule has 0 fully saturated rings. The number of amides is 1. The maximum Gasteiger partial charge on any atom is 0.270 e. The van der Waals surface area contributed by atoms with E-state index in [-0.39, 0.29) is 28.4 Å². The van der Waals surface area contributed by atoms with Crippen LogP contribution in [0.2, 0.25) is 5.02 Å². The minimum absolute atomic E-state index is 0.0239. The van der Waals surface area contributed by atoms with Crippen LogP contribution in [0.5, 0.6) is 0 Å². The number of benzene rings is 2. The fraction of sp³-hybridized carbons (Fsp3) is 0.167. The zero-order chi connectivity index (χ0) is 19.6. The van der Waals surface area contributed by atoms with Crippen LogP contribution in [-0.4, -0.2) is 32.2 Å². The summed E-state index contributed by atoms with van der Waals surface area (Å²) < 4.78 is 0. The molecular formula is C18H15ClN4O4. The van der Waals surface area contributed by atoms with Gasteiger partial charge >= 0.3 is 0 Å². The number of carbonyl (C=O) groups is 1. The van der Waals surface area contributed by atoms with E-state index in [9.17, 15) is 19.7 Å². The summed E-state index contributed by atoms with van der Waals surface area (Å²) in [7, 11) is 0. The molecule has 27 heavy (non-hydrogen) atoms. The molecule has 9 heteroatoms. The first-order valence-corrected chi connectivity index (χ1v) is 8.49. The lowest BCUT2D eigenvalue weighted by Gasteiger charge is -2.21. The Kier molecular flexibility index (Phi) is 5.18. The Labute approximate surface area is 158 Å². The van der Waals surface area contributed by atoms with Crippen LogP contribution in [0, 0.1) is 10.1 Å². The van der Waals surface area contributed by atoms with Gasteiger partial charge in [-0.15, -0.1) is 0 Å². The smallest absolute Gasteiger partial charge is 0.270 e. The maximum absolute atomic E-state index is 12.8. The molecule has 1 heterocycles. The number of non-ortho nitro benzene ring substituents is 1. The summed E-state index contributed by atoms with van der Waals surface area (Å²) in [4.78, 5) is 43.8. The average molecular weight is 387 g/mol. The van der Waals surface area contributed by atoms with Crippen molar-refractivity contribution >= 4 is 34.1 Å². The van der Waals surface area contributed by atoms with Crippen LogP contribution < -0.4 is 5.56 Å². The highest BCUT2D eigenvalue weighted by Crippen LogP contribution is 2.24. The van der Waals surface area contributed by atoms with Crippen molar-refractivity contribution in [3.63, 3.8) is 0 Å². The van der Waals surface area contributed by atoms with Crippen molar-refractivity contribution in [3.8, 4) is 0 Å². The Morgan fingerprint density at radius 3 is 2.74 bits per heavy atom. The molecule has 1 N–H and O–H groups in total. The van der Waals surface area contributed by atoms with Gasteiger partial charge < -0.3 is 9.88 Å². The van der Waals surface area contributed by atoms with Gasteiger partial charge in [-0.05, 0) is 25.1 Å². The van der Waals surface area contributed by atoms with E-state index in [1.807, 2.05) is 0 Å². The number of hydrogen-bond acceptors (Lipinski definition) is 5. The van der Waals surface area contributed by atoms with Crippen LogP contribution >= 0.6 is 11.6 Å². The molecule has 1 aromatic heterocycles. The predicted molar refractivity (Wildman–Crippen MR) is 101 cm³/mol. The zero-order valence-electron chi connectivity index (χ0n) is 14.3. The first-order chi connectivity index (χ1) is 12.9. The molecular weight excluding hydrogens is 372 g/mol. The van der Waals surface area contributed by atoms with E-state index in [1.54, 1.807) is 31.2 Å². The molecule has 0 radical (unpaired) electrons. The molecule has 138 valence electrons. The van der Waals surface area contributed by atoms with Crippen molar-refractivity contribution in [1.82, 2.24) is 14.9 Å². The van der Waals surface area contributed by atoms with Crippen LogP contribution in [0.25, 0.3) is 10.9 Å². The van der Waals surface area contributed by atoms with Crippen molar-refractivity contribution in [1.29, 1.82) is 0 Å². The second-order valence-corrected chi connectivity index (χ2v) is 6.18. The summed E-state index contributed by atoms with van der Waals surface area (Å²) in [6, 6.07) is 10.6. The lowest BCUT2D eigenvalue weighted by molar-refractivity contribution is -0.384. The van der Waals surface area contributed by atoms with Crippen molar-refractivity contribution in [2.75, 3.05) is 6.54 Å². The molecule has 1 amide bonds. The third kappa shape index (κ3) is 3.80. The first kappa shape index (κ1) is 18.5. The molecule has 0 saturated carbocycles. The third-order valence-corrected chi connectivity index (χ3v) is 4.39. The molecule has 0 spiro atoms. The summed E-state index contributed by atoms with van der Waals surface area (Å²) in [6.45, 7) is 2.09. The minimum Gasteiger partial charge on any atom is -0.331 e. The molecule has 0 aliphatic heterocycles. The van der Waals surface area contributed by atoms with Crippen LogP contribution in [0.4, 0.5) is 5.69 Å². The number of aromatic nitrogens is 2. The van der Waals surface area contributed by atoms with E-state index >= 15 is 0 Å². The Morgan fingerprint density at radius 1 is 1.30 bits per heavy atom. The van der Waals surface area contributed by atoms with E-state index in [1.165, 1.54) is 17.0 Å². The van der Waals surface area contributed by atoms with Gasteiger partial charge in [0.2, 0.25) is 0 Å². The molecule has 3 rings (SSSR count). The lowest BCUT2D eigenvalue weighted by atomic mass is 10.1. The number of nitrogens with one attached hydrogen (secondary N) is 1. The number of nitrogens with zero attached hydrogens (tertiary/aromatic N) is 3. The van der Waals surface area contributed by atoms with Gasteiger partial charge in [-0.2, -0.15) is 0 Å². The quantitative estimate of drug-likeness (QED) is 0.535. The largest absolute Gasteiger partial charge is 0.331 e. The summed E-state index contributed by atoms with van der Waals surface area (Å²) in [5, 5.41) is 11.5. The third-order valence-electron chi connectivity index (χ3n) is 4.06. The van der Waals surface area contributed by atoms with Gasteiger partial charge in [-0.1, -0.05) is 23.7 Å². The van der Waals surface area contributed by atoms with E-state index in [4.69, 9.17) is 11.6 Å². The number of nitro benzene ring substituents is 1. The fourth-order valence-corrected chi connectivity index (χ4v) is 2.88. The number of para-hydroxylation sites is 1.